The van der Waals surface area contributed by atoms with Gasteiger partial charge in [-0.25, -0.2) is 0 Å². The third-order valence-electron chi connectivity index (χ3n) is 4.55. The monoisotopic (exact) mass is 321 g/mol. The Balaban J connectivity index is 1.80. The van der Waals surface area contributed by atoms with E-state index in [0.29, 0.717) is 16.8 Å². The molecule has 1 aromatic heterocycles. The number of aliphatic carboxylic acids is 1. The molecule has 0 saturated carbocycles. The van der Waals surface area contributed by atoms with Gasteiger partial charge in [-0.2, -0.15) is 0 Å². The number of hydrogen-bond donors (Lipinski definition) is 1. The summed E-state index contributed by atoms with van der Waals surface area (Å²) in [6, 6.07) is 14.6. The summed E-state index contributed by atoms with van der Waals surface area (Å²) in [6.45, 7) is 1.96. The van der Waals surface area contributed by atoms with E-state index in [0.717, 1.165) is 10.9 Å². The number of hydrogen-bond acceptors (Lipinski definition) is 3. The molecule has 0 aliphatic carbocycles. The first kappa shape index (κ1) is 14.5. The first-order valence-electron chi connectivity index (χ1n) is 7.69. The Morgan fingerprint density at radius 1 is 1.12 bits per heavy atom. The molecule has 1 atom stereocenters. The second kappa shape index (κ2) is 5.23. The molecule has 0 saturated heterocycles. The highest BCUT2D eigenvalue weighted by Crippen LogP contribution is 2.38. The molecule has 0 spiro atoms. The summed E-state index contributed by atoms with van der Waals surface area (Å²) in [5, 5.41) is 10.3. The van der Waals surface area contributed by atoms with Crippen molar-refractivity contribution in [1.82, 2.24) is 0 Å². The summed E-state index contributed by atoms with van der Waals surface area (Å²) in [7, 11) is 0. The molecule has 0 bridgehead atoms. The highest BCUT2D eigenvalue weighted by Gasteiger charge is 2.38. The van der Waals surface area contributed by atoms with E-state index in [1.807, 2.05) is 31.2 Å². The number of furan rings is 1. The molecule has 120 valence electrons. The van der Waals surface area contributed by atoms with Gasteiger partial charge in [-0.05, 0) is 24.6 Å². The predicted octanol–water partition coefficient (Wildman–Crippen LogP) is 3.57. The lowest BCUT2D eigenvalue weighted by Crippen LogP contribution is -2.31. The number of fused-ring (bicyclic) bond motifs is 2. The van der Waals surface area contributed by atoms with Gasteiger partial charge in [0, 0.05) is 23.2 Å². The second-order valence-electron chi connectivity index (χ2n) is 5.92. The molecule has 0 fully saturated rings. The van der Waals surface area contributed by atoms with E-state index in [2.05, 4.69) is 0 Å². The Labute approximate surface area is 138 Å². The third kappa shape index (κ3) is 2.01. The molecule has 4 rings (SSSR count). The van der Waals surface area contributed by atoms with Gasteiger partial charge in [-0.15, -0.1) is 0 Å². The lowest BCUT2D eigenvalue weighted by molar-refractivity contribution is -0.138. The van der Waals surface area contributed by atoms with Crippen LogP contribution in [-0.2, 0) is 4.79 Å². The first-order valence-corrected chi connectivity index (χ1v) is 7.69. The zero-order valence-corrected chi connectivity index (χ0v) is 13.0. The van der Waals surface area contributed by atoms with Gasteiger partial charge in [0.05, 0.1) is 0 Å². The van der Waals surface area contributed by atoms with Crippen molar-refractivity contribution in [3.8, 4) is 0 Å². The molecule has 5 nitrogen and oxygen atoms in total. The SMILES string of the molecule is Cc1c(C(=O)N2CC(C(=O)O)c3ccccc32)oc2ccccc12. The molecule has 1 N–H and O–H groups in total. The number of amides is 1. The van der Waals surface area contributed by atoms with E-state index in [4.69, 9.17) is 4.42 Å². The highest BCUT2D eigenvalue weighted by molar-refractivity contribution is 6.10. The van der Waals surface area contributed by atoms with Gasteiger partial charge in [-0.1, -0.05) is 36.4 Å². The molecule has 2 aromatic carbocycles. The van der Waals surface area contributed by atoms with Crippen molar-refractivity contribution in [2.45, 2.75) is 12.8 Å². The summed E-state index contributed by atoms with van der Waals surface area (Å²) in [6.07, 6.45) is 0. The van der Waals surface area contributed by atoms with Crippen LogP contribution in [-0.4, -0.2) is 23.5 Å². The van der Waals surface area contributed by atoms with Gasteiger partial charge in [-0.3, -0.25) is 9.59 Å². The maximum absolute atomic E-state index is 13.0. The number of carboxylic acid groups (broad SMARTS) is 1. The number of para-hydroxylation sites is 2. The fraction of sp³-hybridized carbons (Fsp3) is 0.158. The molecule has 5 heteroatoms. The Hall–Kier alpha value is -3.08. The number of aryl methyl sites for hydroxylation is 1. The van der Waals surface area contributed by atoms with Crippen LogP contribution in [0.1, 0.15) is 27.6 Å². The highest BCUT2D eigenvalue weighted by atomic mass is 16.4. The maximum Gasteiger partial charge on any atom is 0.312 e. The van der Waals surface area contributed by atoms with Crippen LogP contribution < -0.4 is 4.90 Å². The van der Waals surface area contributed by atoms with Crippen molar-refractivity contribution < 1.29 is 19.1 Å². The van der Waals surface area contributed by atoms with E-state index in [1.54, 1.807) is 24.3 Å². The van der Waals surface area contributed by atoms with Crippen LogP contribution in [0.25, 0.3) is 11.0 Å². The number of nitrogens with zero attached hydrogens (tertiary/aromatic N) is 1. The smallest absolute Gasteiger partial charge is 0.312 e. The van der Waals surface area contributed by atoms with E-state index >= 15 is 0 Å². The van der Waals surface area contributed by atoms with Crippen molar-refractivity contribution >= 4 is 28.5 Å². The van der Waals surface area contributed by atoms with E-state index in [1.165, 1.54) is 4.90 Å². The van der Waals surface area contributed by atoms with Crippen molar-refractivity contribution in [1.29, 1.82) is 0 Å². The van der Waals surface area contributed by atoms with Gasteiger partial charge >= 0.3 is 5.97 Å². The van der Waals surface area contributed by atoms with Crippen molar-refractivity contribution in [2.75, 3.05) is 11.4 Å². The van der Waals surface area contributed by atoms with Crippen LogP contribution in [0.5, 0.6) is 0 Å². The zero-order chi connectivity index (χ0) is 16.8. The minimum Gasteiger partial charge on any atom is -0.481 e. The van der Waals surface area contributed by atoms with E-state index < -0.39 is 11.9 Å². The number of rotatable bonds is 2. The molecule has 1 unspecified atom stereocenters. The number of carbonyl (C=O) groups is 2. The van der Waals surface area contributed by atoms with Crippen molar-refractivity contribution in [3.63, 3.8) is 0 Å². The van der Waals surface area contributed by atoms with Crippen LogP contribution in [0.2, 0.25) is 0 Å². The van der Waals surface area contributed by atoms with Gasteiger partial charge in [0.15, 0.2) is 5.76 Å². The first-order chi connectivity index (χ1) is 11.6. The fourth-order valence-corrected chi connectivity index (χ4v) is 3.31. The quantitative estimate of drug-likeness (QED) is 0.783. The summed E-state index contributed by atoms with van der Waals surface area (Å²) in [5.74, 6) is -1.69. The van der Waals surface area contributed by atoms with Gasteiger partial charge in [0.1, 0.15) is 11.5 Å². The van der Waals surface area contributed by atoms with Crippen LogP contribution >= 0.6 is 0 Å². The standard InChI is InChI=1S/C19H15NO4/c1-11-12-6-3-5-9-16(12)24-17(11)18(21)20-10-14(19(22)23)13-7-2-4-8-15(13)20/h2-9,14H,10H2,1H3,(H,22,23). The van der Waals surface area contributed by atoms with E-state index in [9.17, 15) is 14.7 Å². The Kier molecular flexibility index (Phi) is 3.16. The maximum atomic E-state index is 13.0. The van der Waals surface area contributed by atoms with Crippen molar-refractivity contribution in [2.24, 2.45) is 0 Å². The molecular formula is C19H15NO4. The molecular weight excluding hydrogens is 306 g/mol. The Morgan fingerprint density at radius 3 is 2.58 bits per heavy atom. The lowest BCUT2D eigenvalue weighted by atomic mass is 10.0. The van der Waals surface area contributed by atoms with Crippen molar-refractivity contribution in [3.05, 3.63) is 65.4 Å². The normalized spacial score (nSPS) is 16.4. The number of carbonyl (C=O) groups excluding carboxylic acids is 1. The lowest BCUT2D eigenvalue weighted by Gasteiger charge is -2.16. The molecule has 1 aliphatic heterocycles. The number of carboxylic acids is 1. The van der Waals surface area contributed by atoms with Crippen LogP contribution in [0.3, 0.4) is 0 Å². The summed E-state index contributed by atoms with van der Waals surface area (Å²) in [4.78, 5) is 26.0. The molecule has 3 aromatic rings. The van der Waals surface area contributed by atoms with Gasteiger partial charge in [0.2, 0.25) is 0 Å². The van der Waals surface area contributed by atoms with Gasteiger partial charge in [0.25, 0.3) is 5.91 Å². The van der Waals surface area contributed by atoms with Crippen LogP contribution in [0.15, 0.2) is 52.9 Å². The van der Waals surface area contributed by atoms with E-state index in [-0.39, 0.29) is 18.2 Å². The predicted molar refractivity (Wildman–Crippen MR) is 89.4 cm³/mol. The molecule has 1 aliphatic rings. The second-order valence-corrected chi connectivity index (χ2v) is 5.92. The Morgan fingerprint density at radius 2 is 1.83 bits per heavy atom. The van der Waals surface area contributed by atoms with Gasteiger partial charge < -0.3 is 14.4 Å². The third-order valence-corrected chi connectivity index (χ3v) is 4.55. The molecule has 24 heavy (non-hydrogen) atoms. The summed E-state index contributed by atoms with van der Waals surface area (Å²) in [5.41, 5.74) is 2.72. The fourth-order valence-electron chi connectivity index (χ4n) is 3.31. The Bertz CT molecular complexity index is 972. The topological polar surface area (TPSA) is 70.8 Å². The molecule has 0 radical (unpaired) electrons. The number of anilines is 1. The average Bonchev–Trinajstić information content (AvgIpc) is 3.14. The number of benzene rings is 2. The van der Waals surface area contributed by atoms with Crippen LogP contribution in [0.4, 0.5) is 5.69 Å². The summed E-state index contributed by atoms with van der Waals surface area (Å²) >= 11 is 0. The average molecular weight is 321 g/mol. The molecule has 2 heterocycles. The minimum absolute atomic E-state index is 0.115. The zero-order valence-electron chi connectivity index (χ0n) is 13.0. The van der Waals surface area contributed by atoms with Crippen LogP contribution in [0, 0.1) is 6.92 Å². The largest absolute Gasteiger partial charge is 0.481 e. The molecule has 1 amide bonds. The summed E-state index contributed by atoms with van der Waals surface area (Å²) < 4.78 is 5.75. The minimum atomic E-state index is -0.931.